The van der Waals surface area contributed by atoms with E-state index in [9.17, 15) is 4.79 Å². The molecule has 20 heavy (non-hydrogen) atoms. The summed E-state index contributed by atoms with van der Waals surface area (Å²) in [5.74, 6) is 1.08. The quantitative estimate of drug-likeness (QED) is 0.764. The summed E-state index contributed by atoms with van der Waals surface area (Å²) in [7, 11) is 0. The van der Waals surface area contributed by atoms with E-state index in [-0.39, 0.29) is 18.0 Å². The number of nitrogens with two attached hydrogens (primary N) is 1. The SMILES string of the molecule is CCOc1ccc([C@@H](C)N[C@H](C)C(N)=O)cc1OCC. The summed E-state index contributed by atoms with van der Waals surface area (Å²) < 4.78 is 11.1. The van der Waals surface area contributed by atoms with Crippen molar-refractivity contribution in [3.63, 3.8) is 0 Å². The zero-order valence-electron chi connectivity index (χ0n) is 12.6. The molecule has 1 amide bonds. The zero-order chi connectivity index (χ0) is 15.1. The number of rotatable bonds is 8. The molecule has 0 aromatic heterocycles. The third-order valence-electron chi connectivity index (χ3n) is 2.99. The van der Waals surface area contributed by atoms with E-state index in [0.29, 0.717) is 19.0 Å². The van der Waals surface area contributed by atoms with E-state index in [4.69, 9.17) is 15.2 Å². The molecule has 0 aliphatic heterocycles. The van der Waals surface area contributed by atoms with Gasteiger partial charge in [-0.2, -0.15) is 0 Å². The first-order chi connectivity index (χ1) is 9.49. The van der Waals surface area contributed by atoms with Gasteiger partial charge in [0.2, 0.25) is 5.91 Å². The standard InChI is InChI=1S/C15H24N2O3/c1-5-19-13-8-7-12(9-14(13)20-6-2)10(3)17-11(4)15(16)18/h7-11,17H,5-6H2,1-4H3,(H2,16,18)/t10-,11-/m1/s1. The molecule has 1 aromatic rings. The van der Waals surface area contributed by atoms with Crippen LogP contribution in [0.2, 0.25) is 0 Å². The van der Waals surface area contributed by atoms with Crippen LogP contribution in [0.15, 0.2) is 18.2 Å². The van der Waals surface area contributed by atoms with E-state index in [1.807, 2.05) is 39.0 Å². The fraction of sp³-hybridized carbons (Fsp3) is 0.533. The average molecular weight is 280 g/mol. The third-order valence-corrected chi connectivity index (χ3v) is 2.99. The highest BCUT2D eigenvalue weighted by molar-refractivity contribution is 5.79. The summed E-state index contributed by atoms with van der Waals surface area (Å²) in [6.45, 7) is 8.75. The molecular weight excluding hydrogens is 256 g/mol. The minimum Gasteiger partial charge on any atom is -0.490 e. The Hall–Kier alpha value is -1.75. The lowest BCUT2D eigenvalue weighted by atomic mass is 10.1. The smallest absolute Gasteiger partial charge is 0.234 e. The van der Waals surface area contributed by atoms with Gasteiger partial charge in [-0.1, -0.05) is 6.07 Å². The Bertz CT molecular complexity index is 449. The van der Waals surface area contributed by atoms with Crippen LogP contribution in [0, 0.1) is 0 Å². The van der Waals surface area contributed by atoms with Crippen molar-refractivity contribution in [2.45, 2.75) is 39.8 Å². The van der Waals surface area contributed by atoms with E-state index < -0.39 is 0 Å². The van der Waals surface area contributed by atoms with Crippen LogP contribution in [0.5, 0.6) is 11.5 Å². The van der Waals surface area contributed by atoms with Crippen molar-refractivity contribution < 1.29 is 14.3 Å². The van der Waals surface area contributed by atoms with E-state index in [1.165, 1.54) is 0 Å². The maximum Gasteiger partial charge on any atom is 0.234 e. The Morgan fingerprint density at radius 2 is 1.80 bits per heavy atom. The van der Waals surface area contributed by atoms with Crippen molar-refractivity contribution in [1.82, 2.24) is 5.32 Å². The third kappa shape index (κ3) is 4.42. The lowest BCUT2D eigenvalue weighted by molar-refractivity contribution is -0.119. The van der Waals surface area contributed by atoms with Crippen LogP contribution >= 0.6 is 0 Å². The molecule has 1 aromatic carbocycles. The minimum atomic E-state index is -0.382. The molecule has 1 rings (SSSR count). The van der Waals surface area contributed by atoms with Gasteiger partial charge in [0.05, 0.1) is 19.3 Å². The van der Waals surface area contributed by atoms with Gasteiger partial charge in [-0.3, -0.25) is 10.1 Å². The molecule has 0 fully saturated rings. The number of hydrogen-bond acceptors (Lipinski definition) is 4. The number of primary amides is 1. The molecule has 5 heteroatoms. The van der Waals surface area contributed by atoms with Crippen LogP contribution in [-0.2, 0) is 4.79 Å². The monoisotopic (exact) mass is 280 g/mol. The molecule has 112 valence electrons. The normalized spacial score (nSPS) is 13.6. The van der Waals surface area contributed by atoms with Crippen molar-refractivity contribution in [2.24, 2.45) is 5.73 Å². The van der Waals surface area contributed by atoms with Crippen LogP contribution in [0.1, 0.15) is 39.3 Å². The van der Waals surface area contributed by atoms with E-state index >= 15 is 0 Å². The molecule has 0 aliphatic rings. The lowest BCUT2D eigenvalue weighted by Crippen LogP contribution is -2.40. The molecule has 5 nitrogen and oxygen atoms in total. The number of carbonyl (C=O) groups excluding carboxylic acids is 1. The number of nitrogens with one attached hydrogen (secondary N) is 1. The number of benzene rings is 1. The Kier molecular flexibility index (Phi) is 6.31. The van der Waals surface area contributed by atoms with Crippen molar-refractivity contribution in [3.8, 4) is 11.5 Å². The van der Waals surface area contributed by atoms with Gasteiger partial charge in [0.1, 0.15) is 0 Å². The van der Waals surface area contributed by atoms with Crippen molar-refractivity contribution in [3.05, 3.63) is 23.8 Å². The van der Waals surface area contributed by atoms with Gasteiger partial charge >= 0.3 is 0 Å². The largest absolute Gasteiger partial charge is 0.490 e. The Labute approximate surface area is 120 Å². The average Bonchev–Trinajstić information content (AvgIpc) is 2.41. The van der Waals surface area contributed by atoms with Gasteiger partial charge in [-0.05, 0) is 45.4 Å². The lowest BCUT2D eigenvalue weighted by Gasteiger charge is -2.20. The second kappa shape index (κ2) is 7.75. The van der Waals surface area contributed by atoms with Crippen LogP contribution in [0.25, 0.3) is 0 Å². The van der Waals surface area contributed by atoms with Crippen LogP contribution in [0.4, 0.5) is 0 Å². The fourth-order valence-electron chi connectivity index (χ4n) is 1.89. The van der Waals surface area contributed by atoms with Gasteiger partial charge in [0, 0.05) is 6.04 Å². The van der Waals surface area contributed by atoms with Gasteiger partial charge in [-0.15, -0.1) is 0 Å². The zero-order valence-corrected chi connectivity index (χ0v) is 12.6. The summed E-state index contributed by atoms with van der Waals surface area (Å²) in [5, 5.41) is 3.15. The van der Waals surface area contributed by atoms with Crippen molar-refractivity contribution in [2.75, 3.05) is 13.2 Å². The fourth-order valence-corrected chi connectivity index (χ4v) is 1.89. The molecule has 0 spiro atoms. The molecule has 0 saturated carbocycles. The van der Waals surface area contributed by atoms with Crippen LogP contribution in [0.3, 0.4) is 0 Å². The first kappa shape index (κ1) is 16.3. The summed E-state index contributed by atoms with van der Waals surface area (Å²) >= 11 is 0. The van der Waals surface area contributed by atoms with Crippen molar-refractivity contribution in [1.29, 1.82) is 0 Å². The molecule has 0 heterocycles. The topological polar surface area (TPSA) is 73.6 Å². The van der Waals surface area contributed by atoms with Gasteiger partial charge in [0.25, 0.3) is 0 Å². The first-order valence-electron chi connectivity index (χ1n) is 6.94. The maximum atomic E-state index is 11.1. The van der Waals surface area contributed by atoms with Crippen molar-refractivity contribution >= 4 is 5.91 Å². The molecule has 0 radical (unpaired) electrons. The molecule has 3 N–H and O–H groups in total. The van der Waals surface area contributed by atoms with E-state index in [1.54, 1.807) is 6.92 Å². The van der Waals surface area contributed by atoms with Gasteiger partial charge < -0.3 is 15.2 Å². The maximum absolute atomic E-state index is 11.1. The van der Waals surface area contributed by atoms with E-state index in [0.717, 1.165) is 11.3 Å². The highest BCUT2D eigenvalue weighted by Crippen LogP contribution is 2.30. The number of amides is 1. The predicted octanol–water partition coefficient (Wildman–Crippen LogP) is 2.01. The molecule has 0 bridgehead atoms. The Morgan fingerprint density at radius 1 is 1.20 bits per heavy atom. The molecule has 0 saturated heterocycles. The molecule has 2 atom stereocenters. The summed E-state index contributed by atoms with van der Waals surface area (Å²) in [4.78, 5) is 11.1. The Balaban J connectivity index is 2.89. The summed E-state index contributed by atoms with van der Waals surface area (Å²) in [6.07, 6.45) is 0. The highest BCUT2D eigenvalue weighted by Gasteiger charge is 2.15. The van der Waals surface area contributed by atoms with Gasteiger partial charge in [0.15, 0.2) is 11.5 Å². The van der Waals surface area contributed by atoms with Crippen LogP contribution < -0.4 is 20.5 Å². The number of hydrogen-bond donors (Lipinski definition) is 2. The number of ether oxygens (including phenoxy) is 2. The first-order valence-corrected chi connectivity index (χ1v) is 6.94. The van der Waals surface area contributed by atoms with E-state index in [2.05, 4.69) is 5.32 Å². The Morgan fingerprint density at radius 3 is 2.35 bits per heavy atom. The second-order valence-corrected chi connectivity index (χ2v) is 4.58. The molecule has 0 unspecified atom stereocenters. The molecular formula is C15H24N2O3. The summed E-state index contributed by atoms with van der Waals surface area (Å²) in [6, 6.07) is 5.38. The minimum absolute atomic E-state index is 0.00705. The second-order valence-electron chi connectivity index (χ2n) is 4.58. The van der Waals surface area contributed by atoms with Gasteiger partial charge in [-0.25, -0.2) is 0 Å². The summed E-state index contributed by atoms with van der Waals surface area (Å²) in [5.41, 5.74) is 6.28. The molecule has 0 aliphatic carbocycles. The predicted molar refractivity (Wildman–Crippen MR) is 79.0 cm³/mol. The van der Waals surface area contributed by atoms with Crippen LogP contribution in [-0.4, -0.2) is 25.2 Å². The highest BCUT2D eigenvalue weighted by atomic mass is 16.5. The number of carbonyl (C=O) groups is 1.